The number of nitrogens with one attached hydrogen (secondary N) is 1. The number of likely N-dealkylation sites (tertiary alicyclic amines) is 1. The zero-order chi connectivity index (χ0) is 24.1. The van der Waals surface area contributed by atoms with Gasteiger partial charge in [0, 0.05) is 45.9 Å². The number of pyridine rings is 1. The maximum absolute atomic E-state index is 6.50. The number of hydrogen-bond donors (Lipinski definition) is 1. The van der Waals surface area contributed by atoms with Crippen molar-refractivity contribution < 1.29 is 9.47 Å². The van der Waals surface area contributed by atoms with E-state index in [1.165, 1.54) is 5.56 Å². The Balaban J connectivity index is 1.30. The van der Waals surface area contributed by atoms with Gasteiger partial charge >= 0.3 is 0 Å². The Hall–Kier alpha value is -2.06. The van der Waals surface area contributed by atoms with Crippen LogP contribution in [0.5, 0.6) is 5.75 Å². The maximum Gasteiger partial charge on any atom is 0.143 e. The van der Waals surface area contributed by atoms with Gasteiger partial charge in [0.2, 0.25) is 0 Å². The van der Waals surface area contributed by atoms with Gasteiger partial charge in [-0.2, -0.15) is 0 Å². The molecule has 1 aliphatic rings. The van der Waals surface area contributed by atoms with Crippen molar-refractivity contribution in [3.8, 4) is 5.75 Å². The summed E-state index contributed by atoms with van der Waals surface area (Å²) < 4.78 is 14.0. The van der Waals surface area contributed by atoms with Crippen molar-refractivity contribution in [2.75, 3.05) is 32.1 Å². The normalized spacial score (nSPS) is 15.7. The molecule has 0 atom stereocenters. The molecule has 4 rings (SSSR count). The Morgan fingerprint density at radius 3 is 2.59 bits per heavy atom. The molecule has 1 aliphatic heterocycles. The monoisotopic (exact) mass is 500 g/mol. The molecule has 3 heterocycles. The number of anilines is 1. The molecule has 1 N–H and O–H groups in total. The first kappa shape index (κ1) is 25.0. The molecule has 6 nitrogen and oxygen atoms in total. The SMILES string of the molecule is CN1CCC(Oc2ccc(CNc3cnc4c(c3)c(Cl)cn4COCC[Si](C)(C)C)cc2)CC1. The Bertz CT molecular complexity index is 1070. The third-order valence-corrected chi connectivity index (χ3v) is 8.29. The minimum Gasteiger partial charge on any atom is -0.490 e. The van der Waals surface area contributed by atoms with E-state index in [1.54, 1.807) is 0 Å². The highest BCUT2D eigenvalue weighted by Crippen LogP contribution is 2.27. The molecule has 34 heavy (non-hydrogen) atoms. The second-order valence-electron chi connectivity index (χ2n) is 10.5. The highest BCUT2D eigenvalue weighted by atomic mass is 35.5. The number of fused-ring (bicyclic) bond motifs is 1. The standard InChI is InChI=1S/C26H37ClN4O2Si/c1-30-11-9-23(10-12-30)33-22-7-5-20(6-8-22)16-28-21-15-24-25(27)18-31(26(24)29-17-21)19-32-13-14-34(2,3)4/h5-8,15,17-18,23,28H,9-14,16,19H2,1-4H3. The smallest absolute Gasteiger partial charge is 0.143 e. The van der Waals surface area contributed by atoms with Crippen LogP contribution in [0.1, 0.15) is 18.4 Å². The molecule has 0 bridgehead atoms. The van der Waals surface area contributed by atoms with Crippen molar-refractivity contribution in [3.05, 3.63) is 53.3 Å². The van der Waals surface area contributed by atoms with E-state index in [0.29, 0.717) is 24.4 Å². The van der Waals surface area contributed by atoms with Gasteiger partial charge in [-0.15, -0.1) is 0 Å². The van der Waals surface area contributed by atoms with Crippen molar-refractivity contribution in [3.63, 3.8) is 0 Å². The summed E-state index contributed by atoms with van der Waals surface area (Å²) in [6.45, 7) is 11.2. The fourth-order valence-corrected chi connectivity index (χ4v) is 5.06. The number of piperidine rings is 1. The van der Waals surface area contributed by atoms with Crippen LogP contribution in [0.4, 0.5) is 5.69 Å². The molecule has 2 aromatic heterocycles. The van der Waals surface area contributed by atoms with Crippen LogP contribution in [0.3, 0.4) is 0 Å². The predicted molar refractivity (Wildman–Crippen MR) is 144 cm³/mol. The molecular formula is C26H37ClN4O2Si. The van der Waals surface area contributed by atoms with Gasteiger partial charge in [0.25, 0.3) is 0 Å². The first-order valence-electron chi connectivity index (χ1n) is 12.2. The number of nitrogens with zero attached hydrogens (tertiary/aromatic N) is 3. The van der Waals surface area contributed by atoms with Gasteiger partial charge in [0.1, 0.15) is 24.2 Å². The average Bonchev–Trinajstić information content (AvgIpc) is 3.12. The van der Waals surface area contributed by atoms with Crippen LogP contribution in [-0.4, -0.2) is 55.4 Å². The first-order chi connectivity index (χ1) is 16.3. The second-order valence-corrected chi connectivity index (χ2v) is 16.5. The summed E-state index contributed by atoms with van der Waals surface area (Å²) in [5, 5.41) is 5.08. The van der Waals surface area contributed by atoms with Crippen LogP contribution in [-0.2, 0) is 18.0 Å². The van der Waals surface area contributed by atoms with Crippen molar-refractivity contribution in [2.45, 2.75) is 57.9 Å². The van der Waals surface area contributed by atoms with E-state index in [0.717, 1.165) is 61.1 Å². The van der Waals surface area contributed by atoms with Crippen LogP contribution < -0.4 is 10.1 Å². The number of ether oxygens (including phenoxy) is 2. The number of halogens is 1. The number of aromatic nitrogens is 2. The van der Waals surface area contributed by atoms with Crippen LogP contribution in [0, 0.1) is 0 Å². The van der Waals surface area contributed by atoms with Gasteiger partial charge in [-0.25, -0.2) is 4.98 Å². The molecule has 0 saturated carbocycles. The molecular weight excluding hydrogens is 464 g/mol. The summed E-state index contributed by atoms with van der Waals surface area (Å²) in [6, 6.07) is 11.6. The van der Waals surface area contributed by atoms with Crippen LogP contribution in [0.15, 0.2) is 42.7 Å². The molecule has 0 spiro atoms. The lowest BCUT2D eigenvalue weighted by atomic mass is 10.1. The van der Waals surface area contributed by atoms with Crippen LogP contribution >= 0.6 is 11.6 Å². The zero-order valence-corrected chi connectivity index (χ0v) is 22.6. The average molecular weight is 501 g/mol. The molecule has 0 radical (unpaired) electrons. The molecule has 1 saturated heterocycles. The summed E-state index contributed by atoms with van der Waals surface area (Å²) in [6.07, 6.45) is 6.25. The number of rotatable bonds is 10. The maximum atomic E-state index is 6.50. The van der Waals surface area contributed by atoms with Crippen LogP contribution in [0.2, 0.25) is 30.7 Å². The van der Waals surface area contributed by atoms with Gasteiger partial charge in [0.05, 0.1) is 16.9 Å². The number of hydrogen-bond acceptors (Lipinski definition) is 5. The quantitative estimate of drug-likeness (QED) is 0.270. The van der Waals surface area contributed by atoms with E-state index in [2.05, 4.69) is 72.2 Å². The third kappa shape index (κ3) is 6.98. The number of benzene rings is 1. The van der Waals surface area contributed by atoms with E-state index < -0.39 is 8.07 Å². The lowest BCUT2D eigenvalue weighted by molar-refractivity contribution is 0.0899. The van der Waals surface area contributed by atoms with Crippen molar-refractivity contribution >= 4 is 36.4 Å². The van der Waals surface area contributed by atoms with E-state index >= 15 is 0 Å². The largest absolute Gasteiger partial charge is 0.490 e. The minimum atomic E-state index is -1.10. The van der Waals surface area contributed by atoms with Gasteiger partial charge in [0.15, 0.2) is 0 Å². The predicted octanol–water partition coefficient (Wildman–Crippen LogP) is 6.09. The minimum absolute atomic E-state index is 0.320. The lowest BCUT2D eigenvalue weighted by Crippen LogP contribution is -2.35. The Morgan fingerprint density at radius 1 is 1.15 bits per heavy atom. The van der Waals surface area contributed by atoms with Crippen LogP contribution in [0.25, 0.3) is 11.0 Å². The highest BCUT2D eigenvalue weighted by molar-refractivity contribution is 6.76. The lowest BCUT2D eigenvalue weighted by Gasteiger charge is -2.29. The summed E-state index contributed by atoms with van der Waals surface area (Å²) in [5.41, 5.74) is 2.98. The van der Waals surface area contributed by atoms with Gasteiger partial charge in [-0.05, 0) is 49.7 Å². The summed E-state index contributed by atoms with van der Waals surface area (Å²) in [4.78, 5) is 7.00. The Morgan fingerprint density at radius 2 is 1.88 bits per heavy atom. The molecule has 1 aromatic carbocycles. The van der Waals surface area contributed by atoms with Crippen molar-refractivity contribution in [1.82, 2.24) is 14.5 Å². The van der Waals surface area contributed by atoms with E-state index in [1.807, 2.05) is 17.0 Å². The van der Waals surface area contributed by atoms with Gasteiger partial charge in [-0.1, -0.05) is 43.4 Å². The molecule has 184 valence electrons. The summed E-state index contributed by atoms with van der Waals surface area (Å²) >= 11 is 6.50. The topological polar surface area (TPSA) is 51.5 Å². The fraction of sp³-hybridized carbons (Fsp3) is 0.500. The first-order valence-corrected chi connectivity index (χ1v) is 16.3. The van der Waals surface area contributed by atoms with E-state index in [9.17, 15) is 0 Å². The molecule has 0 unspecified atom stereocenters. The Kier molecular flexibility index (Phi) is 8.19. The van der Waals surface area contributed by atoms with E-state index in [4.69, 9.17) is 21.1 Å². The molecule has 1 fully saturated rings. The fourth-order valence-electron chi connectivity index (χ4n) is 4.05. The molecule has 0 amide bonds. The van der Waals surface area contributed by atoms with Crippen molar-refractivity contribution in [1.29, 1.82) is 0 Å². The van der Waals surface area contributed by atoms with E-state index in [-0.39, 0.29) is 0 Å². The third-order valence-electron chi connectivity index (χ3n) is 6.28. The second kappa shape index (κ2) is 11.1. The summed E-state index contributed by atoms with van der Waals surface area (Å²) in [5.74, 6) is 0.946. The Labute approximate surface area is 209 Å². The van der Waals surface area contributed by atoms with Crippen molar-refractivity contribution in [2.24, 2.45) is 0 Å². The highest BCUT2D eigenvalue weighted by Gasteiger charge is 2.18. The zero-order valence-electron chi connectivity index (χ0n) is 20.8. The molecule has 0 aliphatic carbocycles. The summed E-state index contributed by atoms with van der Waals surface area (Å²) in [7, 11) is 1.07. The van der Waals surface area contributed by atoms with Gasteiger partial charge < -0.3 is 24.3 Å². The molecule has 3 aromatic rings. The molecule has 8 heteroatoms. The van der Waals surface area contributed by atoms with Gasteiger partial charge in [-0.3, -0.25) is 0 Å².